The molecule has 0 aliphatic carbocycles. The summed E-state index contributed by atoms with van der Waals surface area (Å²) < 4.78 is 5.84. The number of nitrogens with one attached hydrogen (secondary N) is 1. The maximum Gasteiger partial charge on any atom is 0.269 e. The van der Waals surface area contributed by atoms with Crippen LogP contribution in [0.5, 0.6) is 0 Å². The number of hydrogen-bond donors (Lipinski definition) is 1. The molecule has 0 unspecified atom stereocenters. The van der Waals surface area contributed by atoms with E-state index in [4.69, 9.17) is 4.52 Å². The monoisotopic (exact) mass is 322 g/mol. The first-order chi connectivity index (χ1) is 10.3. The molecule has 0 amide bonds. The highest BCUT2D eigenvalue weighted by Crippen LogP contribution is 2.21. The lowest BCUT2D eigenvalue weighted by molar-refractivity contribution is 0.384. The predicted octanol–water partition coefficient (Wildman–Crippen LogP) is 3.00. The molecular weight excluding hydrogens is 308 g/mol. The first kappa shape index (κ1) is 14.3. The second kappa shape index (κ2) is 6.40. The Morgan fingerprint density at radius 3 is 3.19 bits per heavy atom. The van der Waals surface area contributed by atoms with Crippen molar-refractivity contribution in [1.82, 2.24) is 20.1 Å². The fourth-order valence-electron chi connectivity index (χ4n) is 1.84. The third-order valence-electron chi connectivity index (χ3n) is 2.89. The van der Waals surface area contributed by atoms with E-state index in [-0.39, 0.29) is 5.56 Å². The highest BCUT2D eigenvalue weighted by atomic mass is 32.2. The second-order valence-corrected chi connectivity index (χ2v) is 6.38. The molecule has 3 rings (SSSR count). The van der Waals surface area contributed by atoms with Crippen LogP contribution in [0.1, 0.15) is 31.5 Å². The molecule has 6 nitrogen and oxygen atoms in total. The largest absolute Gasteiger partial charge is 0.338 e. The molecule has 3 heterocycles. The standard InChI is InChI=1S/C13H14N4O2S2/c1-2-3-4-9-15-10(19-17-9)7-21-13-14-8-5-6-20-11(8)12(18)16-13/h5-6H,2-4,7H2,1H3,(H,14,16,18). The molecule has 0 radical (unpaired) electrons. The van der Waals surface area contributed by atoms with Crippen molar-refractivity contribution in [1.29, 1.82) is 0 Å². The van der Waals surface area contributed by atoms with Crippen LogP contribution in [0.15, 0.2) is 25.9 Å². The molecule has 0 saturated heterocycles. The number of H-pyrrole nitrogens is 1. The van der Waals surface area contributed by atoms with E-state index in [2.05, 4.69) is 27.0 Å². The van der Waals surface area contributed by atoms with E-state index in [1.54, 1.807) is 0 Å². The molecule has 3 aromatic heterocycles. The minimum absolute atomic E-state index is 0.105. The van der Waals surface area contributed by atoms with Crippen molar-refractivity contribution in [3.05, 3.63) is 33.5 Å². The van der Waals surface area contributed by atoms with Crippen LogP contribution in [0.25, 0.3) is 10.2 Å². The summed E-state index contributed by atoms with van der Waals surface area (Å²) >= 11 is 2.78. The summed E-state index contributed by atoms with van der Waals surface area (Å²) in [5, 5.41) is 6.36. The fourth-order valence-corrected chi connectivity index (χ4v) is 3.27. The van der Waals surface area contributed by atoms with Gasteiger partial charge in [-0.2, -0.15) is 4.98 Å². The first-order valence-electron chi connectivity index (χ1n) is 6.68. The van der Waals surface area contributed by atoms with Crippen LogP contribution >= 0.6 is 23.1 Å². The second-order valence-electron chi connectivity index (χ2n) is 4.50. The van der Waals surface area contributed by atoms with Gasteiger partial charge >= 0.3 is 0 Å². The van der Waals surface area contributed by atoms with Gasteiger partial charge in [0.25, 0.3) is 5.56 Å². The average molecular weight is 322 g/mol. The molecule has 1 N–H and O–H groups in total. The number of rotatable bonds is 6. The summed E-state index contributed by atoms with van der Waals surface area (Å²) in [5.74, 6) is 1.79. The Hall–Kier alpha value is -1.67. The zero-order valence-electron chi connectivity index (χ0n) is 11.5. The Morgan fingerprint density at radius 2 is 2.33 bits per heavy atom. The van der Waals surface area contributed by atoms with Crippen molar-refractivity contribution >= 4 is 33.3 Å². The van der Waals surface area contributed by atoms with Gasteiger partial charge in [-0.05, 0) is 17.9 Å². The van der Waals surface area contributed by atoms with Gasteiger partial charge < -0.3 is 9.51 Å². The molecule has 0 fully saturated rings. The van der Waals surface area contributed by atoms with E-state index in [1.807, 2.05) is 11.4 Å². The first-order valence-corrected chi connectivity index (χ1v) is 8.54. The molecule has 3 aromatic rings. The minimum atomic E-state index is -0.105. The van der Waals surface area contributed by atoms with Crippen LogP contribution < -0.4 is 5.56 Å². The fraction of sp³-hybridized carbons (Fsp3) is 0.385. The lowest BCUT2D eigenvalue weighted by Crippen LogP contribution is -2.07. The number of nitrogens with zero attached hydrogens (tertiary/aromatic N) is 3. The average Bonchev–Trinajstić information content (AvgIpc) is 3.12. The smallest absolute Gasteiger partial charge is 0.269 e. The number of thioether (sulfide) groups is 1. The SMILES string of the molecule is CCCCc1noc(CSc2nc3ccsc3c(=O)[nH]2)n1. The molecule has 21 heavy (non-hydrogen) atoms. The molecule has 0 bridgehead atoms. The topological polar surface area (TPSA) is 84.7 Å². The van der Waals surface area contributed by atoms with E-state index in [9.17, 15) is 4.79 Å². The number of thiophene rings is 1. The quantitative estimate of drug-likeness (QED) is 0.555. The lowest BCUT2D eigenvalue weighted by Gasteiger charge is -1.97. The number of hydrogen-bond acceptors (Lipinski definition) is 7. The normalized spacial score (nSPS) is 11.3. The van der Waals surface area contributed by atoms with E-state index < -0.39 is 0 Å². The zero-order chi connectivity index (χ0) is 14.7. The highest BCUT2D eigenvalue weighted by molar-refractivity contribution is 7.98. The van der Waals surface area contributed by atoms with Crippen molar-refractivity contribution in [2.45, 2.75) is 37.1 Å². The molecule has 8 heteroatoms. The van der Waals surface area contributed by atoms with E-state index in [0.29, 0.717) is 21.5 Å². The van der Waals surface area contributed by atoms with Gasteiger partial charge in [-0.25, -0.2) is 4.98 Å². The van der Waals surface area contributed by atoms with Crippen molar-refractivity contribution in [3.8, 4) is 0 Å². The predicted molar refractivity (Wildman–Crippen MR) is 82.7 cm³/mol. The van der Waals surface area contributed by atoms with Crippen LogP contribution in [0.2, 0.25) is 0 Å². The Labute approximate surface area is 129 Å². The molecule has 110 valence electrons. The lowest BCUT2D eigenvalue weighted by atomic mass is 10.2. The molecule has 0 atom stereocenters. The molecule has 0 aliphatic rings. The van der Waals surface area contributed by atoms with Crippen molar-refractivity contribution in [2.75, 3.05) is 0 Å². The van der Waals surface area contributed by atoms with Crippen LogP contribution in [0.4, 0.5) is 0 Å². The third kappa shape index (κ3) is 3.33. The third-order valence-corrected chi connectivity index (χ3v) is 4.65. The molecular formula is C13H14N4O2S2. The number of aromatic nitrogens is 4. The summed E-state index contributed by atoms with van der Waals surface area (Å²) in [4.78, 5) is 23.3. The highest BCUT2D eigenvalue weighted by Gasteiger charge is 2.09. The maximum atomic E-state index is 11.8. The summed E-state index contributed by atoms with van der Waals surface area (Å²) in [7, 11) is 0. The number of unbranched alkanes of at least 4 members (excludes halogenated alkanes) is 1. The molecule has 0 spiro atoms. The summed E-state index contributed by atoms with van der Waals surface area (Å²) in [6, 6.07) is 1.84. The van der Waals surface area contributed by atoms with Crippen LogP contribution in [0, 0.1) is 0 Å². The summed E-state index contributed by atoms with van der Waals surface area (Å²) in [6.45, 7) is 2.12. The van der Waals surface area contributed by atoms with Gasteiger partial charge in [-0.3, -0.25) is 4.79 Å². The molecule has 0 aliphatic heterocycles. The van der Waals surface area contributed by atoms with Crippen molar-refractivity contribution < 1.29 is 4.52 Å². The molecule has 0 saturated carbocycles. The Balaban J connectivity index is 1.68. The number of aryl methyl sites for hydroxylation is 1. The van der Waals surface area contributed by atoms with Gasteiger partial charge in [0.15, 0.2) is 11.0 Å². The Bertz CT molecular complexity index is 793. The van der Waals surface area contributed by atoms with Crippen molar-refractivity contribution in [2.24, 2.45) is 0 Å². The van der Waals surface area contributed by atoms with Gasteiger partial charge in [0.1, 0.15) is 4.70 Å². The maximum absolute atomic E-state index is 11.8. The van der Waals surface area contributed by atoms with Crippen LogP contribution in [-0.4, -0.2) is 20.1 Å². The van der Waals surface area contributed by atoms with E-state index in [1.165, 1.54) is 23.1 Å². The van der Waals surface area contributed by atoms with Crippen molar-refractivity contribution in [3.63, 3.8) is 0 Å². The number of aromatic amines is 1. The van der Waals surface area contributed by atoms with Gasteiger partial charge in [0, 0.05) is 6.42 Å². The van der Waals surface area contributed by atoms with E-state index in [0.717, 1.165) is 30.6 Å². The van der Waals surface area contributed by atoms with Gasteiger partial charge in [0.2, 0.25) is 5.89 Å². The van der Waals surface area contributed by atoms with Gasteiger partial charge in [0.05, 0.1) is 11.3 Å². The summed E-state index contributed by atoms with van der Waals surface area (Å²) in [6.07, 6.45) is 2.99. The minimum Gasteiger partial charge on any atom is -0.338 e. The van der Waals surface area contributed by atoms with Crippen LogP contribution in [-0.2, 0) is 12.2 Å². The zero-order valence-corrected chi connectivity index (χ0v) is 13.1. The van der Waals surface area contributed by atoms with Gasteiger partial charge in [-0.15, -0.1) is 11.3 Å². The van der Waals surface area contributed by atoms with E-state index >= 15 is 0 Å². The van der Waals surface area contributed by atoms with Gasteiger partial charge in [-0.1, -0.05) is 30.3 Å². The van der Waals surface area contributed by atoms with Crippen LogP contribution in [0.3, 0.4) is 0 Å². The number of fused-ring (bicyclic) bond motifs is 1. The summed E-state index contributed by atoms with van der Waals surface area (Å²) in [5.41, 5.74) is 0.618. The Kier molecular flexibility index (Phi) is 4.35. The molecule has 0 aromatic carbocycles. The Morgan fingerprint density at radius 1 is 1.43 bits per heavy atom.